The minimum Gasteiger partial charge on any atom is -0.302 e. The van der Waals surface area contributed by atoms with Gasteiger partial charge < -0.3 is 5.32 Å². The third-order valence-electron chi connectivity index (χ3n) is 5.25. The van der Waals surface area contributed by atoms with Crippen molar-refractivity contribution < 1.29 is 18.0 Å². The molecule has 1 aromatic carbocycles. The number of carbonyl (C=O) groups excluding carboxylic acids is 1. The SMILES string of the molecule is O=C(Nc1nc2c(F)c(F)c(F)cc2s1)C1CC2CCCC(C2)C1. The topological polar surface area (TPSA) is 42.0 Å². The van der Waals surface area contributed by atoms with Crippen molar-refractivity contribution in [3.63, 3.8) is 0 Å². The van der Waals surface area contributed by atoms with Gasteiger partial charge in [0, 0.05) is 5.92 Å². The number of hydrogen-bond donors (Lipinski definition) is 1. The largest absolute Gasteiger partial charge is 0.302 e. The van der Waals surface area contributed by atoms with Crippen LogP contribution in [-0.2, 0) is 4.79 Å². The summed E-state index contributed by atoms with van der Waals surface area (Å²) >= 11 is 0.958. The van der Waals surface area contributed by atoms with Crippen molar-refractivity contribution in [2.75, 3.05) is 5.32 Å². The van der Waals surface area contributed by atoms with Gasteiger partial charge in [0.25, 0.3) is 0 Å². The molecule has 4 rings (SSSR count). The lowest BCUT2D eigenvalue weighted by molar-refractivity contribution is -0.122. The van der Waals surface area contributed by atoms with E-state index in [0.29, 0.717) is 11.8 Å². The second-order valence-corrected chi connectivity index (χ2v) is 7.94. The molecule has 2 saturated carbocycles. The van der Waals surface area contributed by atoms with Crippen molar-refractivity contribution in [1.82, 2.24) is 4.98 Å². The number of halogens is 3. The van der Waals surface area contributed by atoms with E-state index < -0.39 is 17.5 Å². The fourth-order valence-corrected chi connectivity index (χ4v) is 5.07. The van der Waals surface area contributed by atoms with Gasteiger partial charge in [-0.05, 0) is 37.2 Å². The molecule has 2 unspecified atom stereocenters. The molecule has 0 aliphatic heterocycles. The van der Waals surface area contributed by atoms with Gasteiger partial charge in [-0.25, -0.2) is 18.2 Å². The number of nitrogens with one attached hydrogen (secondary N) is 1. The van der Waals surface area contributed by atoms with Crippen LogP contribution in [0.25, 0.3) is 10.2 Å². The number of rotatable bonds is 2. The Bertz CT molecular complexity index is 795. The number of benzene rings is 1. The normalized spacial score (nSPS) is 26.5. The van der Waals surface area contributed by atoms with Crippen molar-refractivity contribution in [2.45, 2.75) is 38.5 Å². The smallest absolute Gasteiger partial charge is 0.229 e. The molecule has 2 aliphatic carbocycles. The van der Waals surface area contributed by atoms with Crippen LogP contribution in [0.2, 0.25) is 0 Å². The van der Waals surface area contributed by atoms with Gasteiger partial charge in [-0.2, -0.15) is 0 Å². The summed E-state index contributed by atoms with van der Waals surface area (Å²) in [5.41, 5.74) is -0.241. The lowest BCUT2D eigenvalue weighted by atomic mass is 9.68. The Morgan fingerprint density at radius 2 is 1.83 bits per heavy atom. The molecule has 2 bridgehead atoms. The predicted octanol–water partition coefficient (Wildman–Crippen LogP) is 4.87. The van der Waals surface area contributed by atoms with Gasteiger partial charge >= 0.3 is 0 Å². The first-order chi connectivity index (χ1) is 11.5. The molecule has 0 spiro atoms. The standard InChI is InChI=1S/C17H17F3N2OS/c18-11-7-12-15(14(20)13(11)19)21-17(24-12)22-16(23)10-5-8-2-1-3-9(4-8)6-10/h7-10H,1-6H2,(H,21,22,23). The zero-order valence-corrected chi connectivity index (χ0v) is 13.8. The van der Waals surface area contributed by atoms with Crippen LogP contribution in [0.4, 0.5) is 18.3 Å². The Balaban J connectivity index is 1.53. The average Bonchev–Trinajstić information content (AvgIpc) is 2.94. The van der Waals surface area contributed by atoms with E-state index in [-0.39, 0.29) is 27.2 Å². The highest BCUT2D eigenvalue weighted by Crippen LogP contribution is 2.43. The number of aromatic nitrogens is 1. The molecule has 3 nitrogen and oxygen atoms in total. The molecule has 2 aliphatic rings. The van der Waals surface area contributed by atoms with Crippen LogP contribution in [0.1, 0.15) is 38.5 Å². The third kappa shape index (κ3) is 2.79. The Labute approximate surface area is 141 Å². The number of anilines is 1. The van der Waals surface area contributed by atoms with E-state index in [9.17, 15) is 18.0 Å². The predicted molar refractivity (Wildman–Crippen MR) is 86.3 cm³/mol. The van der Waals surface area contributed by atoms with E-state index in [2.05, 4.69) is 10.3 Å². The van der Waals surface area contributed by atoms with Crippen molar-refractivity contribution >= 4 is 32.6 Å². The first-order valence-electron chi connectivity index (χ1n) is 8.26. The second kappa shape index (κ2) is 6.02. The van der Waals surface area contributed by atoms with Crippen LogP contribution in [0.3, 0.4) is 0 Å². The number of carbonyl (C=O) groups is 1. The van der Waals surface area contributed by atoms with Crippen LogP contribution >= 0.6 is 11.3 Å². The molecule has 0 radical (unpaired) electrons. The molecule has 2 fully saturated rings. The Morgan fingerprint density at radius 1 is 1.12 bits per heavy atom. The zero-order valence-electron chi connectivity index (χ0n) is 12.9. The lowest BCUT2D eigenvalue weighted by Gasteiger charge is -2.38. The Kier molecular flexibility index (Phi) is 3.98. The number of hydrogen-bond acceptors (Lipinski definition) is 3. The molecular weight excluding hydrogens is 337 g/mol. The average molecular weight is 354 g/mol. The summed E-state index contributed by atoms with van der Waals surface area (Å²) in [5, 5.41) is 2.90. The van der Waals surface area contributed by atoms with Gasteiger partial charge in [0.15, 0.2) is 22.6 Å². The molecule has 24 heavy (non-hydrogen) atoms. The van der Waals surface area contributed by atoms with Gasteiger partial charge in [-0.3, -0.25) is 4.79 Å². The monoisotopic (exact) mass is 354 g/mol. The molecule has 2 aromatic rings. The summed E-state index contributed by atoms with van der Waals surface area (Å²) < 4.78 is 40.5. The van der Waals surface area contributed by atoms with E-state index in [1.165, 1.54) is 25.7 Å². The van der Waals surface area contributed by atoms with E-state index in [1.807, 2.05) is 0 Å². The van der Waals surface area contributed by atoms with E-state index >= 15 is 0 Å². The van der Waals surface area contributed by atoms with Gasteiger partial charge in [0.2, 0.25) is 5.91 Å². The fraction of sp³-hybridized carbons (Fsp3) is 0.529. The van der Waals surface area contributed by atoms with Crippen LogP contribution in [0.15, 0.2) is 6.07 Å². The zero-order chi connectivity index (χ0) is 16.8. The minimum atomic E-state index is -1.54. The maximum Gasteiger partial charge on any atom is 0.229 e. The summed E-state index contributed by atoms with van der Waals surface area (Å²) in [6.45, 7) is 0. The number of fused-ring (bicyclic) bond motifs is 3. The number of nitrogens with zero attached hydrogens (tertiary/aromatic N) is 1. The fourth-order valence-electron chi connectivity index (χ4n) is 4.18. The quantitative estimate of drug-likeness (QED) is 0.782. The summed E-state index contributed by atoms with van der Waals surface area (Å²) in [4.78, 5) is 16.4. The molecule has 1 heterocycles. The number of thiazole rings is 1. The highest BCUT2D eigenvalue weighted by atomic mass is 32.1. The first kappa shape index (κ1) is 15.9. The molecule has 128 valence electrons. The minimum absolute atomic E-state index is 0.0561. The lowest BCUT2D eigenvalue weighted by Crippen LogP contribution is -2.33. The molecule has 1 aromatic heterocycles. The van der Waals surface area contributed by atoms with Gasteiger partial charge in [0.1, 0.15) is 5.52 Å². The van der Waals surface area contributed by atoms with Crippen LogP contribution in [0.5, 0.6) is 0 Å². The van der Waals surface area contributed by atoms with Gasteiger partial charge in [0.05, 0.1) is 4.70 Å². The number of amides is 1. The van der Waals surface area contributed by atoms with E-state index in [0.717, 1.165) is 30.2 Å². The molecule has 1 N–H and O–H groups in total. The van der Waals surface area contributed by atoms with Crippen molar-refractivity contribution in [2.24, 2.45) is 17.8 Å². The summed E-state index contributed by atoms with van der Waals surface area (Å²) in [7, 11) is 0. The van der Waals surface area contributed by atoms with E-state index in [4.69, 9.17) is 0 Å². The molecule has 2 atom stereocenters. The van der Waals surface area contributed by atoms with E-state index in [1.54, 1.807) is 0 Å². The molecule has 0 saturated heterocycles. The van der Waals surface area contributed by atoms with Gasteiger partial charge in [-0.1, -0.05) is 30.6 Å². The van der Waals surface area contributed by atoms with Crippen molar-refractivity contribution in [3.05, 3.63) is 23.5 Å². The molecular formula is C17H17F3N2OS. The summed E-state index contributed by atoms with van der Waals surface area (Å²) in [6.07, 6.45) is 6.60. The van der Waals surface area contributed by atoms with Crippen molar-refractivity contribution in [3.8, 4) is 0 Å². The summed E-state index contributed by atoms with van der Waals surface area (Å²) in [6, 6.07) is 0.909. The third-order valence-corrected chi connectivity index (χ3v) is 6.17. The van der Waals surface area contributed by atoms with Gasteiger partial charge in [-0.15, -0.1) is 0 Å². The maximum absolute atomic E-state index is 13.7. The van der Waals surface area contributed by atoms with Crippen molar-refractivity contribution in [1.29, 1.82) is 0 Å². The Hall–Kier alpha value is -1.63. The Morgan fingerprint density at radius 3 is 2.54 bits per heavy atom. The van der Waals surface area contributed by atoms with Crippen LogP contribution in [-0.4, -0.2) is 10.9 Å². The first-order valence-corrected chi connectivity index (χ1v) is 9.08. The second-order valence-electron chi connectivity index (χ2n) is 6.91. The maximum atomic E-state index is 13.7. The molecule has 7 heteroatoms. The highest BCUT2D eigenvalue weighted by molar-refractivity contribution is 7.22. The van der Waals surface area contributed by atoms with Crippen LogP contribution < -0.4 is 5.32 Å². The molecule has 1 amide bonds. The summed E-state index contributed by atoms with van der Waals surface area (Å²) in [5.74, 6) is -3.04. The highest BCUT2D eigenvalue weighted by Gasteiger charge is 2.35. The van der Waals surface area contributed by atoms with Crippen LogP contribution in [0, 0.1) is 35.2 Å².